The number of nitrogens with one attached hydrogen (secondary N) is 1. The van der Waals surface area contributed by atoms with E-state index in [1.807, 2.05) is 0 Å². The van der Waals surface area contributed by atoms with E-state index in [0.717, 1.165) is 25.9 Å². The molecule has 1 amide bonds. The van der Waals surface area contributed by atoms with E-state index in [0.29, 0.717) is 18.0 Å². The van der Waals surface area contributed by atoms with Gasteiger partial charge in [0.15, 0.2) is 0 Å². The normalized spacial score (nSPS) is 10.5. The molecule has 1 N–H and O–H groups in total. The molecular weight excluding hydrogens is 265 g/mol. The van der Waals surface area contributed by atoms with Crippen molar-refractivity contribution in [3.8, 4) is 0 Å². The van der Waals surface area contributed by atoms with Gasteiger partial charge in [-0.05, 0) is 31.0 Å². The third-order valence-electron chi connectivity index (χ3n) is 2.59. The average Bonchev–Trinajstić information content (AvgIpc) is 2.40. The summed E-state index contributed by atoms with van der Waals surface area (Å²) >= 11 is 4.09. The lowest BCUT2D eigenvalue weighted by atomic mass is 10.2. The minimum absolute atomic E-state index is 0.0272. The molecule has 0 aliphatic carbocycles. The monoisotopic (exact) mass is 285 g/mol. The van der Waals surface area contributed by atoms with Crippen molar-refractivity contribution in [2.75, 3.05) is 19.8 Å². The second-order valence-electron chi connectivity index (χ2n) is 4.24. The van der Waals surface area contributed by atoms with Crippen LogP contribution in [0.25, 0.3) is 0 Å². The van der Waals surface area contributed by atoms with Crippen LogP contribution in [-0.4, -0.2) is 25.7 Å². The molecule has 1 aromatic carbocycles. The Bertz CT molecular complexity index is 412. The highest BCUT2D eigenvalue weighted by molar-refractivity contribution is 7.80. The number of carbonyl (C=O) groups is 1. The first-order chi connectivity index (χ1) is 9.15. The van der Waals surface area contributed by atoms with Crippen molar-refractivity contribution in [2.45, 2.75) is 31.1 Å². The van der Waals surface area contributed by atoms with Gasteiger partial charge in [-0.2, -0.15) is 0 Å². The van der Waals surface area contributed by atoms with Crippen molar-refractivity contribution >= 4 is 18.5 Å². The fourth-order valence-corrected chi connectivity index (χ4v) is 1.71. The molecule has 0 bridgehead atoms. The predicted octanol–water partition coefficient (Wildman–Crippen LogP) is 3.05. The number of unbranched alkanes of at least 4 members (excludes halogenated alkanes) is 1. The molecule has 0 aliphatic rings. The van der Waals surface area contributed by atoms with Crippen LogP contribution in [0.5, 0.6) is 0 Å². The van der Waals surface area contributed by atoms with Crippen LogP contribution in [0.4, 0.5) is 4.39 Å². The minimum atomic E-state index is -0.533. The van der Waals surface area contributed by atoms with Gasteiger partial charge >= 0.3 is 0 Å². The van der Waals surface area contributed by atoms with E-state index >= 15 is 0 Å². The number of carbonyl (C=O) groups excluding carboxylic acids is 1. The van der Waals surface area contributed by atoms with Crippen LogP contribution in [0.2, 0.25) is 0 Å². The zero-order valence-electron chi connectivity index (χ0n) is 11.1. The zero-order valence-corrected chi connectivity index (χ0v) is 12.0. The molecule has 1 aromatic rings. The number of hydrogen-bond acceptors (Lipinski definition) is 3. The molecule has 0 heterocycles. The zero-order chi connectivity index (χ0) is 14.1. The first-order valence-corrected chi connectivity index (χ1v) is 6.94. The quantitative estimate of drug-likeness (QED) is 0.569. The van der Waals surface area contributed by atoms with Crippen LogP contribution in [0, 0.1) is 5.82 Å². The fraction of sp³-hybridized carbons (Fsp3) is 0.500. The summed E-state index contributed by atoms with van der Waals surface area (Å²) in [6.45, 7) is 3.94. The van der Waals surface area contributed by atoms with E-state index < -0.39 is 11.7 Å². The Morgan fingerprint density at radius 3 is 2.84 bits per heavy atom. The third-order valence-corrected chi connectivity index (χ3v) is 2.87. The Kier molecular flexibility index (Phi) is 7.52. The molecule has 0 saturated heterocycles. The van der Waals surface area contributed by atoms with Crippen LogP contribution in [-0.2, 0) is 4.74 Å². The minimum Gasteiger partial charge on any atom is -0.381 e. The average molecular weight is 285 g/mol. The lowest BCUT2D eigenvalue weighted by molar-refractivity contribution is 0.0936. The summed E-state index contributed by atoms with van der Waals surface area (Å²) in [7, 11) is 0. The standard InChI is InChI=1S/C14H20FNO2S/c1-2-3-8-18-9-4-7-16-14(17)12-10-11(19)5-6-13(12)15/h5-6,10,19H,2-4,7-9H2,1H3,(H,16,17). The maximum atomic E-state index is 13.4. The number of benzene rings is 1. The van der Waals surface area contributed by atoms with Crippen molar-refractivity contribution < 1.29 is 13.9 Å². The highest BCUT2D eigenvalue weighted by Crippen LogP contribution is 2.13. The molecule has 0 fully saturated rings. The highest BCUT2D eigenvalue weighted by atomic mass is 32.1. The van der Waals surface area contributed by atoms with Gasteiger partial charge in [-0.15, -0.1) is 12.6 Å². The van der Waals surface area contributed by atoms with E-state index in [-0.39, 0.29) is 5.56 Å². The van der Waals surface area contributed by atoms with E-state index in [1.165, 1.54) is 18.2 Å². The molecule has 5 heteroatoms. The molecule has 0 unspecified atom stereocenters. The Hall–Kier alpha value is -1.07. The van der Waals surface area contributed by atoms with Gasteiger partial charge < -0.3 is 10.1 Å². The van der Waals surface area contributed by atoms with Crippen LogP contribution < -0.4 is 5.32 Å². The predicted molar refractivity (Wildman–Crippen MR) is 76.3 cm³/mol. The van der Waals surface area contributed by atoms with Gasteiger partial charge in [-0.25, -0.2) is 4.39 Å². The first kappa shape index (κ1) is 16.0. The van der Waals surface area contributed by atoms with Gasteiger partial charge in [0.05, 0.1) is 5.56 Å². The fourth-order valence-electron chi connectivity index (χ4n) is 1.51. The molecular formula is C14H20FNO2S. The van der Waals surface area contributed by atoms with Gasteiger partial charge in [0.1, 0.15) is 5.82 Å². The van der Waals surface area contributed by atoms with Gasteiger partial charge in [-0.1, -0.05) is 13.3 Å². The van der Waals surface area contributed by atoms with Crippen LogP contribution in [0.15, 0.2) is 23.1 Å². The second-order valence-corrected chi connectivity index (χ2v) is 4.76. The molecule has 0 atom stereocenters. The summed E-state index contributed by atoms with van der Waals surface area (Å²) in [5, 5.41) is 2.67. The maximum absolute atomic E-state index is 13.4. The van der Waals surface area contributed by atoms with Crippen LogP contribution in [0.1, 0.15) is 36.5 Å². The van der Waals surface area contributed by atoms with E-state index in [9.17, 15) is 9.18 Å². The van der Waals surface area contributed by atoms with E-state index in [4.69, 9.17) is 4.74 Å². The van der Waals surface area contributed by atoms with Crippen molar-refractivity contribution in [2.24, 2.45) is 0 Å². The summed E-state index contributed by atoms with van der Waals surface area (Å²) in [5.41, 5.74) is 0.0272. The molecule has 1 rings (SSSR count). The number of rotatable bonds is 8. The largest absolute Gasteiger partial charge is 0.381 e. The molecule has 106 valence electrons. The molecule has 0 aliphatic heterocycles. The number of thiol groups is 1. The van der Waals surface area contributed by atoms with Crippen molar-refractivity contribution in [1.29, 1.82) is 0 Å². The second kappa shape index (κ2) is 8.93. The summed E-state index contributed by atoms with van der Waals surface area (Å²) < 4.78 is 18.8. The Labute approximate surface area is 118 Å². The van der Waals surface area contributed by atoms with Crippen LogP contribution in [0.3, 0.4) is 0 Å². The summed E-state index contributed by atoms with van der Waals surface area (Å²) in [6.07, 6.45) is 2.88. The van der Waals surface area contributed by atoms with Crippen molar-refractivity contribution in [3.63, 3.8) is 0 Å². The van der Waals surface area contributed by atoms with Crippen molar-refractivity contribution in [1.82, 2.24) is 5.32 Å². The molecule has 19 heavy (non-hydrogen) atoms. The molecule has 0 aromatic heterocycles. The van der Waals surface area contributed by atoms with Gasteiger partial charge in [0.25, 0.3) is 5.91 Å². The Morgan fingerprint density at radius 1 is 1.37 bits per heavy atom. The summed E-state index contributed by atoms with van der Waals surface area (Å²) in [5.74, 6) is -0.948. The molecule has 0 saturated carbocycles. The Morgan fingerprint density at radius 2 is 2.11 bits per heavy atom. The molecule has 0 spiro atoms. The van der Waals surface area contributed by atoms with Gasteiger partial charge in [0.2, 0.25) is 0 Å². The number of hydrogen-bond donors (Lipinski definition) is 2. The van der Waals surface area contributed by atoms with E-state index in [1.54, 1.807) is 0 Å². The van der Waals surface area contributed by atoms with Gasteiger partial charge in [-0.3, -0.25) is 4.79 Å². The number of ether oxygens (including phenoxy) is 1. The topological polar surface area (TPSA) is 38.3 Å². The molecule has 0 radical (unpaired) electrons. The van der Waals surface area contributed by atoms with Crippen molar-refractivity contribution in [3.05, 3.63) is 29.6 Å². The van der Waals surface area contributed by atoms with Crippen LogP contribution >= 0.6 is 12.6 Å². The Balaban J connectivity index is 2.26. The third kappa shape index (κ3) is 6.07. The first-order valence-electron chi connectivity index (χ1n) is 6.49. The maximum Gasteiger partial charge on any atom is 0.254 e. The highest BCUT2D eigenvalue weighted by Gasteiger charge is 2.10. The summed E-state index contributed by atoms with van der Waals surface area (Å²) in [4.78, 5) is 12.3. The smallest absolute Gasteiger partial charge is 0.254 e. The summed E-state index contributed by atoms with van der Waals surface area (Å²) in [6, 6.07) is 4.17. The SMILES string of the molecule is CCCCOCCCNC(=O)c1cc(S)ccc1F. The van der Waals surface area contributed by atoms with Gasteiger partial charge in [0, 0.05) is 24.7 Å². The lowest BCUT2D eigenvalue weighted by Gasteiger charge is -2.07. The molecule has 3 nitrogen and oxygen atoms in total. The number of halogens is 1. The number of amides is 1. The van der Waals surface area contributed by atoms with E-state index in [2.05, 4.69) is 24.9 Å². The lowest BCUT2D eigenvalue weighted by Crippen LogP contribution is -2.26.